The van der Waals surface area contributed by atoms with Crippen LogP contribution in [0, 0.1) is 0 Å². The molecule has 7 heteroatoms. The van der Waals surface area contributed by atoms with E-state index >= 15 is 0 Å². The Balaban J connectivity index is 1.54. The normalized spacial score (nSPS) is 16.9. The molecule has 0 unspecified atom stereocenters. The lowest BCUT2D eigenvalue weighted by atomic mass is 10.1. The molecule has 4 rings (SSSR count). The Morgan fingerprint density at radius 1 is 1.13 bits per heavy atom. The summed E-state index contributed by atoms with van der Waals surface area (Å²) < 4.78 is 5.75. The number of fused-ring (bicyclic) bond motifs is 1. The SMILES string of the molecule is CN(CCN1CCCCC1)c1nc(-c2cc(OCC(C)(C)O)ccn2)nc2c1CCC2. The van der Waals surface area contributed by atoms with Gasteiger partial charge < -0.3 is 19.6 Å². The molecule has 31 heavy (non-hydrogen) atoms. The van der Waals surface area contributed by atoms with Crippen LogP contribution in [0.25, 0.3) is 11.5 Å². The molecular formula is C24H35N5O2. The summed E-state index contributed by atoms with van der Waals surface area (Å²) in [5.74, 6) is 2.35. The Kier molecular flexibility index (Phi) is 6.72. The fraction of sp³-hybridized carbons (Fsp3) is 0.625. The van der Waals surface area contributed by atoms with E-state index in [1.54, 1.807) is 26.1 Å². The minimum atomic E-state index is -0.891. The van der Waals surface area contributed by atoms with E-state index in [-0.39, 0.29) is 6.61 Å². The number of hydrogen-bond donors (Lipinski definition) is 1. The molecule has 168 valence electrons. The van der Waals surface area contributed by atoms with Crippen molar-refractivity contribution in [2.75, 3.05) is 44.7 Å². The molecule has 1 N–H and O–H groups in total. The third-order valence-corrected chi connectivity index (χ3v) is 6.03. The molecule has 2 aliphatic rings. The highest BCUT2D eigenvalue weighted by molar-refractivity contribution is 5.59. The van der Waals surface area contributed by atoms with Gasteiger partial charge in [0, 0.05) is 43.7 Å². The van der Waals surface area contributed by atoms with Crippen molar-refractivity contribution in [3.05, 3.63) is 29.6 Å². The van der Waals surface area contributed by atoms with Crippen LogP contribution in [0.15, 0.2) is 18.3 Å². The van der Waals surface area contributed by atoms with Crippen LogP contribution in [0.5, 0.6) is 5.75 Å². The predicted molar refractivity (Wildman–Crippen MR) is 123 cm³/mol. The second kappa shape index (κ2) is 9.49. The van der Waals surface area contributed by atoms with Crippen molar-refractivity contribution < 1.29 is 9.84 Å². The summed E-state index contributed by atoms with van der Waals surface area (Å²) in [4.78, 5) is 19.2. The molecule has 1 saturated heterocycles. The van der Waals surface area contributed by atoms with Gasteiger partial charge >= 0.3 is 0 Å². The molecule has 3 heterocycles. The van der Waals surface area contributed by atoms with E-state index in [2.05, 4.69) is 21.8 Å². The first-order chi connectivity index (χ1) is 14.9. The summed E-state index contributed by atoms with van der Waals surface area (Å²) >= 11 is 0. The summed E-state index contributed by atoms with van der Waals surface area (Å²) in [6, 6.07) is 3.66. The number of anilines is 1. The number of nitrogens with zero attached hydrogens (tertiary/aromatic N) is 5. The van der Waals surface area contributed by atoms with Crippen molar-refractivity contribution in [2.45, 2.75) is 58.0 Å². The van der Waals surface area contributed by atoms with Gasteiger partial charge in [-0.05, 0) is 65.1 Å². The molecule has 2 aromatic rings. The standard InChI is InChI=1S/C24H35N5O2/c1-24(2,30)17-31-18-10-11-25-21(16-18)22-26-20-9-7-8-19(20)23(27-22)28(3)14-15-29-12-5-4-6-13-29/h10-11,16,30H,4-9,12-15,17H2,1-3H3. The van der Waals surface area contributed by atoms with E-state index in [9.17, 15) is 5.11 Å². The number of ether oxygens (including phenoxy) is 1. The summed E-state index contributed by atoms with van der Waals surface area (Å²) in [5.41, 5.74) is 2.25. The van der Waals surface area contributed by atoms with Crippen LogP contribution >= 0.6 is 0 Å². The molecule has 7 nitrogen and oxygen atoms in total. The maximum Gasteiger partial charge on any atom is 0.180 e. The Morgan fingerprint density at radius 2 is 1.94 bits per heavy atom. The highest BCUT2D eigenvalue weighted by atomic mass is 16.5. The number of piperidine rings is 1. The molecule has 0 atom stereocenters. The van der Waals surface area contributed by atoms with Crippen LogP contribution in [-0.2, 0) is 12.8 Å². The quantitative estimate of drug-likeness (QED) is 0.696. The first-order valence-corrected chi connectivity index (χ1v) is 11.5. The molecule has 0 radical (unpaired) electrons. The van der Waals surface area contributed by atoms with Gasteiger partial charge in [0.15, 0.2) is 5.82 Å². The highest BCUT2D eigenvalue weighted by Crippen LogP contribution is 2.31. The summed E-state index contributed by atoms with van der Waals surface area (Å²) in [6.45, 7) is 8.13. The van der Waals surface area contributed by atoms with Crippen LogP contribution in [0.1, 0.15) is 50.8 Å². The van der Waals surface area contributed by atoms with Crippen LogP contribution in [-0.4, -0.2) is 70.4 Å². The van der Waals surface area contributed by atoms with Crippen molar-refractivity contribution in [2.24, 2.45) is 0 Å². The summed E-state index contributed by atoms with van der Waals surface area (Å²) in [5, 5.41) is 9.94. The third kappa shape index (κ3) is 5.71. The zero-order valence-electron chi connectivity index (χ0n) is 19.1. The van der Waals surface area contributed by atoms with Crippen molar-refractivity contribution >= 4 is 5.82 Å². The first kappa shape index (κ1) is 22.0. The maximum absolute atomic E-state index is 9.94. The number of aliphatic hydroxyl groups is 1. The molecule has 1 aliphatic carbocycles. The van der Waals surface area contributed by atoms with Gasteiger partial charge in [-0.25, -0.2) is 9.97 Å². The van der Waals surface area contributed by atoms with E-state index < -0.39 is 5.60 Å². The molecule has 2 aromatic heterocycles. The number of likely N-dealkylation sites (tertiary alicyclic amines) is 1. The molecule has 0 spiro atoms. The van der Waals surface area contributed by atoms with Gasteiger partial charge in [-0.3, -0.25) is 4.98 Å². The predicted octanol–water partition coefficient (Wildman–Crippen LogP) is 3.10. The second-order valence-corrected chi connectivity index (χ2v) is 9.45. The number of hydrogen-bond acceptors (Lipinski definition) is 7. The van der Waals surface area contributed by atoms with E-state index in [0.717, 1.165) is 43.9 Å². The van der Waals surface area contributed by atoms with E-state index in [0.29, 0.717) is 17.3 Å². The van der Waals surface area contributed by atoms with Gasteiger partial charge in [0.05, 0.1) is 5.60 Å². The fourth-order valence-corrected chi connectivity index (χ4v) is 4.31. The van der Waals surface area contributed by atoms with Crippen molar-refractivity contribution in [3.63, 3.8) is 0 Å². The smallest absolute Gasteiger partial charge is 0.180 e. The summed E-state index contributed by atoms with van der Waals surface area (Å²) in [6.07, 6.45) is 8.87. The Bertz CT molecular complexity index is 890. The minimum Gasteiger partial charge on any atom is -0.490 e. The van der Waals surface area contributed by atoms with Gasteiger partial charge in [-0.2, -0.15) is 0 Å². The molecule has 0 saturated carbocycles. The molecule has 1 aliphatic heterocycles. The minimum absolute atomic E-state index is 0.214. The third-order valence-electron chi connectivity index (χ3n) is 6.03. The lowest BCUT2D eigenvalue weighted by Crippen LogP contribution is -2.37. The number of rotatable bonds is 8. The molecule has 1 fully saturated rings. The van der Waals surface area contributed by atoms with Crippen molar-refractivity contribution in [3.8, 4) is 17.3 Å². The van der Waals surface area contributed by atoms with Gasteiger partial charge in [0.2, 0.25) is 0 Å². The van der Waals surface area contributed by atoms with Gasteiger partial charge in [0.25, 0.3) is 0 Å². The Hall–Kier alpha value is -2.25. The first-order valence-electron chi connectivity index (χ1n) is 11.5. The Labute approximate surface area is 185 Å². The highest BCUT2D eigenvalue weighted by Gasteiger charge is 2.23. The van der Waals surface area contributed by atoms with Crippen molar-refractivity contribution in [1.29, 1.82) is 0 Å². The number of aryl methyl sites for hydroxylation is 1. The largest absolute Gasteiger partial charge is 0.490 e. The number of likely N-dealkylation sites (N-methyl/N-ethyl adjacent to an activating group) is 1. The van der Waals surface area contributed by atoms with Crippen LogP contribution in [0.4, 0.5) is 5.82 Å². The molecular weight excluding hydrogens is 390 g/mol. The lowest BCUT2D eigenvalue weighted by molar-refractivity contribution is 0.0285. The van der Waals surface area contributed by atoms with E-state index in [1.165, 1.54) is 37.9 Å². The van der Waals surface area contributed by atoms with Gasteiger partial charge in [-0.15, -0.1) is 0 Å². The maximum atomic E-state index is 9.94. The zero-order chi connectivity index (χ0) is 21.8. The van der Waals surface area contributed by atoms with E-state index in [1.807, 2.05) is 6.07 Å². The van der Waals surface area contributed by atoms with Crippen LogP contribution in [0.3, 0.4) is 0 Å². The number of pyridine rings is 1. The Morgan fingerprint density at radius 3 is 2.71 bits per heavy atom. The fourth-order valence-electron chi connectivity index (χ4n) is 4.31. The van der Waals surface area contributed by atoms with Gasteiger partial charge in [-0.1, -0.05) is 6.42 Å². The number of aromatic nitrogens is 3. The monoisotopic (exact) mass is 425 g/mol. The average molecular weight is 426 g/mol. The second-order valence-electron chi connectivity index (χ2n) is 9.45. The van der Waals surface area contributed by atoms with Crippen LogP contribution < -0.4 is 9.64 Å². The zero-order valence-corrected chi connectivity index (χ0v) is 19.1. The molecule has 0 bridgehead atoms. The van der Waals surface area contributed by atoms with E-state index in [4.69, 9.17) is 14.7 Å². The van der Waals surface area contributed by atoms with Crippen LogP contribution in [0.2, 0.25) is 0 Å². The lowest BCUT2D eigenvalue weighted by Gasteiger charge is -2.29. The molecule has 0 amide bonds. The van der Waals surface area contributed by atoms with Crippen molar-refractivity contribution in [1.82, 2.24) is 19.9 Å². The molecule has 0 aromatic carbocycles. The summed E-state index contributed by atoms with van der Waals surface area (Å²) in [7, 11) is 2.14. The topological polar surface area (TPSA) is 74.6 Å². The average Bonchev–Trinajstić information content (AvgIpc) is 3.24. The van der Waals surface area contributed by atoms with Gasteiger partial charge in [0.1, 0.15) is 23.9 Å².